The molecule has 2 aromatic carbocycles. The molecule has 156 valence electrons. The minimum Gasteiger partial charge on any atom is -0.493 e. The summed E-state index contributed by atoms with van der Waals surface area (Å²) in [5, 5.41) is 23.6. The van der Waals surface area contributed by atoms with Crippen LogP contribution in [0.2, 0.25) is 0 Å². The number of fused-ring (bicyclic) bond motifs is 1. The van der Waals surface area contributed by atoms with Crippen LogP contribution in [0.25, 0.3) is 10.9 Å². The van der Waals surface area contributed by atoms with Gasteiger partial charge in [0.25, 0.3) is 0 Å². The van der Waals surface area contributed by atoms with Gasteiger partial charge in [-0.05, 0) is 30.9 Å². The largest absolute Gasteiger partial charge is 0.493 e. The predicted molar refractivity (Wildman–Crippen MR) is 123 cm³/mol. The van der Waals surface area contributed by atoms with E-state index in [4.69, 9.17) is 12.2 Å². The lowest BCUT2D eigenvalue weighted by molar-refractivity contribution is 0.123. The summed E-state index contributed by atoms with van der Waals surface area (Å²) in [6.45, 7) is 5.17. The fourth-order valence-electron chi connectivity index (χ4n) is 3.61. The summed E-state index contributed by atoms with van der Waals surface area (Å²) in [4.78, 5) is 4.65. The van der Waals surface area contributed by atoms with Crippen LogP contribution in [0, 0.1) is 0 Å². The molecule has 1 fully saturated rings. The van der Waals surface area contributed by atoms with Gasteiger partial charge in [-0.1, -0.05) is 48.5 Å². The number of nitrogens with zero attached hydrogens (tertiary/aromatic N) is 5. The summed E-state index contributed by atoms with van der Waals surface area (Å²) < 4.78 is 1.90. The van der Waals surface area contributed by atoms with E-state index in [0.29, 0.717) is 18.9 Å². The van der Waals surface area contributed by atoms with Crippen molar-refractivity contribution < 1.29 is 5.11 Å². The molecule has 0 atom stereocenters. The zero-order valence-corrected chi connectivity index (χ0v) is 17.8. The summed E-state index contributed by atoms with van der Waals surface area (Å²) in [5.41, 5.74) is 2.50. The summed E-state index contributed by atoms with van der Waals surface area (Å²) in [6, 6.07) is 17.8. The molecule has 7 nitrogen and oxygen atoms in total. The van der Waals surface area contributed by atoms with E-state index in [1.165, 1.54) is 0 Å². The molecule has 0 spiro atoms. The average molecular weight is 423 g/mol. The Morgan fingerprint density at radius 1 is 1.03 bits per heavy atom. The highest BCUT2D eigenvalue weighted by Crippen LogP contribution is 2.39. The van der Waals surface area contributed by atoms with E-state index in [-0.39, 0.29) is 11.0 Å². The Morgan fingerprint density at radius 3 is 2.50 bits per heavy atom. The summed E-state index contributed by atoms with van der Waals surface area (Å²) >= 11 is 5.29. The molecule has 1 aliphatic rings. The molecular weight excluding hydrogens is 396 g/mol. The van der Waals surface area contributed by atoms with Crippen molar-refractivity contribution in [1.82, 2.24) is 19.7 Å². The van der Waals surface area contributed by atoms with E-state index in [9.17, 15) is 5.11 Å². The normalized spacial score (nSPS) is 15.8. The van der Waals surface area contributed by atoms with Crippen LogP contribution in [0.1, 0.15) is 5.56 Å². The molecule has 0 bridgehead atoms. The van der Waals surface area contributed by atoms with Crippen molar-refractivity contribution in [2.75, 3.05) is 33.2 Å². The van der Waals surface area contributed by atoms with E-state index in [1.54, 1.807) is 0 Å². The first-order valence-electron chi connectivity index (χ1n) is 10.1. The maximum atomic E-state index is 10.9. The number of aromatic hydroxyl groups is 1. The van der Waals surface area contributed by atoms with E-state index in [2.05, 4.69) is 32.4 Å². The van der Waals surface area contributed by atoms with E-state index >= 15 is 0 Å². The fraction of sp³-hybridized carbons (Fsp3) is 0.318. The number of hydrogen-bond donors (Lipinski definition) is 2. The molecule has 1 aromatic heterocycles. The highest BCUT2D eigenvalue weighted by molar-refractivity contribution is 7.80. The zero-order valence-electron chi connectivity index (χ0n) is 17.0. The SMILES string of the molecule is CN1CCN(Cn2c(O)c(N=NC(=S)NCc3ccccc3)c3ccccc32)CC1. The number of benzene rings is 2. The number of piperazine rings is 1. The van der Waals surface area contributed by atoms with Crippen molar-refractivity contribution in [1.29, 1.82) is 0 Å². The summed E-state index contributed by atoms with van der Waals surface area (Å²) in [6.07, 6.45) is 0. The number of rotatable bonds is 5. The molecule has 0 radical (unpaired) electrons. The van der Waals surface area contributed by atoms with Crippen molar-refractivity contribution in [2.45, 2.75) is 13.2 Å². The van der Waals surface area contributed by atoms with Crippen molar-refractivity contribution in [2.24, 2.45) is 10.2 Å². The Kier molecular flexibility index (Phi) is 6.37. The molecule has 4 rings (SSSR count). The molecule has 0 aliphatic carbocycles. The topological polar surface area (TPSA) is 68.4 Å². The number of nitrogens with one attached hydrogen (secondary N) is 1. The van der Waals surface area contributed by atoms with E-state index < -0.39 is 0 Å². The lowest BCUT2D eigenvalue weighted by atomic mass is 10.2. The van der Waals surface area contributed by atoms with Gasteiger partial charge in [0.05, 0.1) is 12.2 Å². The van der Waals surface area contributed by atoms with Gasteiger partial charge < -0.3 is 15.3 Å². The van der Waals surface area contributed by atoms with Crippen LogP contribution in [0.3, 0.4) is 0 Å². The number of azo groups is 1. The van der Waals surface area contributed by atoms with Gasteiger partial charge in [0.2, 0.25) is 11.0 Å². The van der Waals surface area contributed by atoms with E-state index in [1.807, 2.05) is 59.2 Å². The highest BCUT2D eigenvalue weighted by atomic mass is 32.1. The molecule has 8 heteroatoms. The Hall–Kier alpha value is -2.81. The second kappa shape index (κ2) is 9.34. The standard InChI is InChI=1S/C22H26N6OS/c1-26-11-13-27(14-12-26)16-28-19-10-6-5-9-18(19)20(21(28)29)24-25-22(30)23-15-17-7-3-2-4-8-17/h2-10,29H,11-16H2,1H3,(H,23,30). The number of thiocarbonyl (C=S) groups is 1. The van der Waals surface area contributed by atoms with Crippen LogP contribution in [0.5, 0.6) is 5.88 Å². The summed E-state index contributed by atoms with van der Waals surface area (Å²) in [5.74, 6) is 0.115. The minimum absolute atomic E-state index is 0.115. The van der Waals surface area contributed by atoms with Crippen molar-refractivity contribution in [3.8, 4) is 5.88 Å². The molecule has 1 aliphatic heterocycles. The van der Waals surface area contributed by atoms with Crippen LogP contribution in [-0.4, -0.2) is 57.8 Å². The number of likely N-dealkylation sites (N-methyl/N-ethyl adjacent to an activating group) is 1. The smallest absolute Gasteiger partial charge is 0.221 e. The first kappa shape index (κ1) is 20.5. The van der Waals surface area contributed by atoms with Crippen molar-refractivity contribution in [3.63, 3.8) is 0 Å². The quantitative estimate of drug-likeness (QED) is 0.485. The van der Waals surface area contributed by atoms with Crippen molar-refractivity contribution in [3.05, 3.63) is 60.2 Å². The van der Waals surface area contributed by atoms with Crippen LogP contribution in [0.4, 0.5) is 5.69 Å². The lowest BCUT2D eigenvalue weighted by Crippen LogP contribution is -2.44. The van der Waals surface area contributed by atoms with Gasteiger partial charge in [-0.3, -0.25) is 9.47 Å². The molecule has 0 saturated carbocycles. The first-order chi connectivity index (χ1) is 14.6. The van der Waals surface area contributed by atoms with Gasteiger partial charge in [-0.2, -0.15) is 0 Å². The Labute approximate surface area is 181 Å². The molecular formula is C22H26N6OS. The molecule has 2 N–H and O–H groups in total. The molecule has 0 amide bonds. The van der Waals surface area contributed by atoms with Crippen molar-refractivity contribution >= 4 is 33.9 Å². The third-order valence-electron chi connectivity index (χ3n) is 5.38. The third-order valence-corrected chi connectivity index (χ3v) is 5.61. The van der Waals surface area contributed by atoms with Gasteiger partial charge in [-0.15, -0.1) is 10.2 Å². The maximum absolute atomic E-state index is 10.9. The Balaban J connectivity index is 1.51. The zero-order chi connectivity index (χ0) is 20.9. The van der Waals surface area contributed by atoms with Gasteiger partial charge in [0.1, 0.15) is 0 Å². The average Bonchev–Trinajstić information content (AvgIpc) is 3.04. The fourth-order valence-corrected chi connectivity index (χ4v) is 3.72. The van der Waals surface area contributed by atoms with Gasteiger partial charge >= 0.3 is 0 Å². The lowest BCUT2D eigenvalue weighted by Gasteiger charge is -2.32. The summed E-state index contributed by atoms with van der Waals surface area (Å²) in [7, 11) is 2.13. The van der Waals surface area contributed by atoms with Crippen LogP contribution in [-0.2, 0) is 13.2 Å². The molecule has 3 aromatic rings. The minimum atomic E-state index is 0.115. The monoisotopic (exact) mass is 422 g/mol. The van der Waals surface area contributed by atoms with Gasteiger partial charge in [-0.25, -0.2) is 0 Å². The second-order valence-electron chi connectivity index (χ2n) is 7.52. The van der Waals surface area contributed by atoms with E-state index in [0.717, 1.165) is 42.6 Å². The first-order valence-corrected chi connectivity index (χ1v) is 10.5. The molecule has 0 unspecified atom stereocenters. The Bertz CT molecular complexity index is 1040. The second-order valence-corrected chi connectivity index (χ2v) is 7.91. The predicted octanol–water partition coefficient (Wildman–Crippen LogP) is 3.71. The number of hydrogen-bond acceptors (Lipinski definition) is 5. The van der Waals surface area contributed by atoms with Crippen LogP contribution in [0.15, 0.2) is 64.8 Å². The van der Waals surface area contributed by atoms with Gasteiger partial charge in [0.15, 0.2) is 5.69 Å². The molecule has 30 heavy (non-hydrogen) atoms. The highest BCUT2D eigenvalue weighted by Gasteiger charge is 2.20. The number of para-hydroxylation sites is 1. The molecule has 1 saturated heterocycles. The molecule has 2 heterocycles. The van der Waals surface area contributed by atoms with Crippen LogP contribution >= 0.6 is 12.2 Å². The number of aromatic nitrogens is 1. The third kappa shape index (κ3) is 4.67. The Morgan fingerprint density at radius 2 is 1.73 bits per heavy atom. The van der Waals surface area contributed by atoms with Crippen LogP contribution < -0.4 is 5.32 Å². The maximum Gasteiger partial charge on any atom is 0.221 e. The van der Waals surface area contributed by atoms with Gasteiger partial charge in [0, 0.05) is 38.1 Å².